The van der Waals surface area contributed by atoms with Gasteiger partial charge in [0.05, 0.1) is 4.92 Å². The van der Waals surface area contributed by atoms with Crippen LogP contribution in [0.4, 0.5) is 11.4 Å². The first-order valence-electron chi connectivity index (χ1n) is 6.35. The number of nitro benzene ring substituents is 1. The third-order valence-corrected chi connectivity index (χ3v) is 3.66. The maximum Gasteiger partial charge on any atom is 0.274 e. The highest BCUT2D eigenvalue weighted by Gasteiger charge is 2.23. The molecule has 0 radical (unpaired) electrons. The molecule has 0 unspecified atom stereocenters. The summed E-state index contributed by atoms with van der Waals surface area (Å²) in [4.78, 5) is 10.5. The van der Waals surface area contributed by atoms with E-state index in [1.165, 1.54) is 18.9 Å². The molecule has 0 saturated heterocycles. The highest BCUT2D eigenvalue weighted by Crippen LogP contribution is 2.28. The Morgan fingerprint density at radius 1 is 1.39 bits per heavy atom. The number of hydrogen-bond acceptors (Lipinski definition) is 4. The fourth-order valence-electron chi connectivity index (χ4n) is 2.52. The Bertz CT molecular complexity index is 448. The van der Waals surface area contributed by atoms with E-state index in [0.717, 1.165) is 18.5 Å². The lowest BCUT2D eigenvalue weighted by molar-refractivity contribution is -0.385. The van der Waals surface area contributed by atoms with E-state index in [2.05, 4.69) is 5.32 Å². The molecule has 1 aliphatic carbocycles. The van der Waals surface area contributed by atoms with Crippen molar-refractivity contribution >= 4 is 11.4 Å². The summed E-state index contributed by atoms with van der Waals surface area (Å²) in [6.45, 7) is 1.77. The monoisotopic (exact) mass is 249 g/mol. The highest BCUT2D eigenvalue weighted by atomic mass is 16.6. The number of nitrogens with two attached hydrogens (primary N) is 1. The zero-order valence-corrected chi connectivity index (χ0v) is 10.6. The minimum atomic E-state index is -0.346. The van der Waals surface area contributed by atoms with E-state index in [0.29, 0.717) is 5.56 Å². The van der Waals surface area contributed by atoms with Gasteiger partial charge in [0.2, 0.25) is 0 Å². The van der Waals surface area contributed by atoms with E-state index in [9.17, 15) is 10.1 Å². The molecule has 1 aromatic carbocycles. The normalized spacial score (nSPS) is 23.7. The Hall–Kier alpha value is -1.62. The summed E-state index contributed by atoms with van der Waals surface area (Å²) in [5, 5.41) is 14.2. The molecule has 2 rings (SSSR count). The van der Waals surface area contributed by atoms with Crippen LogP contribution in [0.15, 0.2) is 18.2 Å². The number of nitrogens with zero attached hydrogens (tertiary/aromatic N) is 1. The SMILES string of the molecule is Cc1c(N[C@@H]2CCCC[C@H]2N)cccc1[N+](=O)[O-]. The average molecular weight is 249 g/mol. The quantitative estimate of drug-likeness (QED) is 0.637. The number of benzene rings is 1. The molecule has 0 heterocycles. The van der Waals surface area contributed by atoms with Crippen LogP contribution >= 0.6 is 0 Å². The predicted octanol–water partition coefficient (Wildman–Crippen LogP) is 2.59. The van der Waals surface area contributed by atoms with Gasteiger partial charge in [-0.15, -0.1) is 0 Å². The van der Waals surface area contributed by atoms with Gasteiger partial charge in [0.15, 0.2) is 0 Å². The van der Waals surface area contributed by atoms with E-state index >= 15 is 0 Å². The first kappa shape index (κ1) is 12.8. The van der Waals surface area contributed by atoms with E-state index < -0.39 is 0 Å². The van der Waals surface area contributed by atoms with Crippen LogP contribution in [0.3, 0.4) is 0 Å². The van der Waals surface area contributed by atoms with Gasteiger partial charge in [0, 0.05) is 29.4 Å². The molecule has 98 valence electrons. The summed E-state index contributed by atoms with van der Waals surface area (Å²) in [6.07, 6.45) is 4.39. The first-order chi connectivity index (χ1) is 8.59. The molecule has 0 spiro atoms. The van der Waals surface area contributed by atoms with Crippen LogP contribution in [0.2, 0.25) is 0 Å². The maximum absolute atomic E-state index is 10.9. The van der Waals surface area contributed by atoms with Crippen LogP contribution in [0.5, 0.6) is 0 Å². The van der Waals surface area contributed by atoms with Gasteiger partial charge in [-0.25, -0.2) is 0 Å². The van der Waals surface area contributed by atoms with Crippen molar-refractivity contribution in [2.75, 3.05) is 5.32 Å². The number of anilines is 1. The molecule has 1 fully saturated rings. The molecule has 1 aliphatic rings. The Labute approximate surface area is 107 Å². The van der Waals surface area contributed by atoms with E-state index in [-0.39, 0.29) is 22.7 Å². The lowest BCUT2D eigenvalue weighted by Crippen LogP contribution is -2.42. The molecule has 18 heavy (non-hydrogen) atoms. The van der Waals surface area contributed by atoms with Crippen LogP contribution in [-0.4, -0.2) is 17.0 Å². The van der Waals surface area contributed by atoms with Crippen molar-refractivity contribution < 1.29 is 4.92 Å². The van der Waals surface area contributed by atoms with E-state index in [1.54, 1.807) is 13.0 Å². The largest absolute Gasteiger partial charge is 0.380 e. The number of rotatable bonds is 3. The highest BCUT2D eigenvalue weighted by molar-refractivity contribution is 5.60. The van der Waals surface area contributed by atoms with Gasteiger partial charge in [-0.05, 0) is 25.8 Å². The van der Waals surface area contributed by atoms with Crippen molar-refractivity contribution in [2.24, 2.45) is 5.73 Å². The van der Waals surface area contributed by atoms with Gasteiger partial charge in [-0.3, -0.25) is 10.1 Å². The standard InChI is InChI=1S/C13H19N3O2/c1-9-11(7-4-8-13(9)16(17)18)15-12-6-3-2-5-10(12)14/h4,7-8,10,12,15H,2-3,5-6,14H2,1H3/t10-,12-/m1/s1. The number of hydrogen-bond donors (Lipinski definition) is 2. The fourth-order valence-corrected chi connectivity index (χ4v) is 2.52. The Kier molecular flexibility index (Phi) is 3.81. The molecule has 1 saturated carbocycles. The second-order valence-corrected chi connectivity index (χ2v) is 4.91. The Morgan fingerprint density at radius 2 is 2.11 bits per heavy atom. The molecule has 3 N–H and O–H groups in total. The van der Waals surface area contributed by atoms with Crippen molar-refractivity contribution in [3.63, 3.8) is 0 Å². The number of nitrogens with one attached hydrogen (secondary N) is 1. The predicted molar refractivity (Wildman–Crippen MR) is 71.7 cm³/mol. The van der Waals surface area contributed by atoms with E-state index in [1.807, 2.05) is 6.07 Å². The summed E-state index contributed by atoms with van der Waals surface area (Å²) in [7, 11) is 0. The van der Waals surface area contributed by atoms with Crippen molar-refractivity contribution in [3.8, 4) is 0 Å². The molecule has 1 aromatic rings. The summed E-state index contributed by atoms with van der Waals surface area (Å²) >= 11 is 0. The lowest BCUT2D eigenvalue weighted by atomic mass is 9.90. The minimum absolute atomic E-state index is 0.136. The molecular formula is C13H19N3O2. The molecule has 0 amide bonds. The lowest BCUT2D eigenvalue weighted by Gasteiger charge is -2.30. The zero-order chi connectivity index (χ0) is 13.1. The van der Waals surface area contributed by atoms with Gasteiger partial charge < -0.3 is 11.1 Å². The third kappa shape index (κ3) is 2.61. The van der Waals surface area contributed by atoms with Crippen LogP contribution in [0, 0.1) is 17.0 Å². The molecule has 0 bridgehead atoms. The van der Waals surface area contributed by atoms with Gasteiger partial charge >= 0.3 is 0 Å². The molecular weight excluding hydrogens is 230 g/mol. The van der Waals surface area contributed by atoms with Crippen LogP contribution in [0.1, 0.15) is 31.2 Å². The maximum atomic E-state index is 10.9. The molecule has 5 nitrogen and oxygen atoms in total. The van der Waals surface area contributed by atoms with Gasteiger partial charge in [0.25, 0.3) is 5.69 Å². The minimum Gasteiger partial charge on any atom is -0.380 e. The summed E-state index contributed by atoms with van der Waals surface area (Å²) < 4.78 is 0. The molecule has 2 atom stereocenters. The average Bonchev–Trinajstić information content (AvgIpc) is 2.34. The summed E-state index contributed by atoms with van der Waals surface area (Å²) in [5.74, 6) is 0. The van der Waals surface area contributed by atoms with Gasteiger partial charge in [0.1, 0.15) is 0 Å². The van der Waals surface area contributed by atoms with Crippen molar-refractivity contribution in [3.05, 3.63) is 33.9 Å². The topological polar surface area (TPSA) is 81.2 Å². The van der Waals surface area contributed by atoms with Crippen LogP contribution < -0.4 is 11.1 Å². The number of nitro groups is 1. The fraction of sp³-hybridized carbons (Fsp3) is 0.538. The smallest absolute Gasteiger partial charge is 0.274 e. The van der Waals surface area contributed by atoms with Gasteiger partial charge in [-0.2, -0.15) is 0 Å². The first-order valence-corrected chi connectivity index (χ1v) is 6.35. The van der Waals surface area contributed by atoms with Crippen LogP contribution in [0.25, 0.3) is 0 Å². The second-order valence-electron chi connectivity index (χ2n) is 4.91. The van der Waals surface area contributed by atoms with Gasteiger partial charge in [-0.1, -0.05) is 18.9 Å². The molecule has 0 aromatic heterocycles. The Balaban J connectivity index is 2.18. The van der Waals surface area contributed by atoms with Crippen molar-refractivity contribution in [1.82, 2.24) is 0 Å². The third-order valence-electron chi connectivity index (χ3n) is 3.66. The van der Waals surface area contributed by atoms with Crippen molar-refractivity contribution in [2.45, 2.75) is 44.7 Å². The molecule has 5 heteroatoms. The van der Waals surface area contributed by atoms with E-state index in [4.69, 9.17) is 5.73 Å². The zero-order valence-electron chi connectivity index (χ0n) is 10.6. The summed E-state index contributed by atoms with van der Waals surface area (Å²) in [6, 6.07) is 5.48. The second kappa shape index (κ2) is 5.35. The van der Waals surface area contributed by atoms with Crippen molar-refractivity contribution in [1.29, 1.82) is 0 Å². The molecule has 0 aliphatic heterocycles. The Morgan fingerprint density at radius 3 is 2.78 bits per heavy atom. The van der Waals surface area contributed by atoms with Crippen LogP contribution in [-0.2, 0) is 0 Å². The summed E-state index contributed by atoms with van der Waals surface area (Å²) in [5.41, 5.74) is 7.74.